The number of hydrogen-bond donors (Lipinski definition) is 1. The van der Waals surface area contributed by atoms with Crippen LogP contribution in [0.2, 0.25) is 0 Å². The molecule has 1 rings (SSSR count). The molecule has 0 spiro atoms. The van der Waals surface area contributed by atoms with Crippen LogP contribution < -0.4 is 5.32 Å². The summed E-state index contributed by atoms with van der Waals surface area (Å²) >= 11 is 1.65. The van der Waals surface area contributed by atoms with Crippen LogP contribution in [-0.2, 0) is 0 Å². The van der Waals surface area contributed by atoms with E-state index in [1.807, 2.05) is 0 Å². The fourth-order valence-electron chi connectivity index (χ4n) is 1.01. The van der Waals surface area contributed by atoms with E-state index in [4.69, 9.17) is 4.42 Å². The first-order valence-electron chi connectivity index (χ1n) is 5.02. The Kier molecular flexibility index (Phi) is 5.71. The fraction of sp³-hybridized carbons (Fsp3) is 0.700. The maximum absolute atomic E-state index is 5.10. The van der Waals surface area contributed by atoms with E-state index in [0.717, 1.165) is 30.0 Å². The van der Waals surface area contributed by atoms with Gasteiger partial charge in [-0.25, -0.2) is 4.98 Å². The van der Waals surface area contributed by atoms with Crippen molar-refractivity contribution in [2.75, 3.05) is 18.8 Å². The normalized spacial score (nSPS) is 11.1. The predicted octanol–water partition coefficient (Wildman–Crippen LogP) is 2.40. The third-order valence-corrected chi connectivity index (χ3v) is 2.67. The van der Waals surface area contributed by atoms with Gasteiger partial charge in [-0.15, -0.1) is 0 Å². The molecule has 0 amide bonds. The molecule has 0 saturated heterocycles. The van der Waals surface area contributed by atoms with E-state index in [1.165, 1.54) is 6.42 Å². The first kappa shape index (κ1) is 11.6. The Morgan fingerprint density at radius 3 is 3.00 bits per heavy atom. The molecule has 0 aliphatic carbocycles. The second-order valence-electron chi connectivity index (χ2n) is 3.58. The van der Waals surface area contributed by atoms with Gasteiger partial charge in [0.1, 0.15) is 6.26 Å². The molecule has 14 heavy (non-hydrogen) atoms. The highest BCUT2D eigenvalue weighted by Crippen LogP contribution is 2.13. The Labute approximate surface area is 89.7 Å². The number of rotatable bonds is 7. The molecule has 0 aliphatic rings. The average molecular weight is 214 g/mol. The van der Waals surface area contributed by atoms with Gasteiger partial charge in [-0.2, -0.15) is 0 Å². The summed E-state index contributed by atoms with van der Waals surface area (Å²) in [6.45, 7) is 6.59. The highest BCUT2D eigenvalue weighted by molar-refractivity contribution is 7.99. The molecule has 0 atom stereocenters. The first-order chi connectivity index (χ1) is 6.79. The molecule has 0 radical (unpaired) electrons. The zero-order chi connectivity index (χ0) is 10.2. The number of nitrogens with zero attached hydrogens (tertiary/aromatic N) is 1. The van der Waals surface area contributed by atoms with E-state index >= 15 is 0 Å². The van der Waals surface area contributed by atoms with Crippen LogP contribution in [0.1, 0.15) is 20.3 Å². The van der Waals surface area contributed by atoms with Gasteiger partial charge in [0.05, 0.1) is 6.20 Å². The van der Waals surface area contributed by atoms with E-state index in [-0.39, 0.29) is 0 Å². The number of thioether (sulfide) groups is 1. The van der Waals surface area contributed by atoms with Crippen molar-refractivity contribution in [3.05, 3.63) is 12.5 Å². The van der Waals surface area contributed by atoms with Crippen molar-refractivity contribution < 1.29 is 4.42 Å². The van der Waals surface area contributed by atoms with Crippen LogP contribution in [0.5, 0.6) is 0 Å². The van der Waals surface area contributed by atoms with E-state index in [2.05, 4.69) is 24.1 Å². The Morgan fingerprint density at radius 1 is 1.50 bits per heavy atom. The number of hydrogen-bond acceptors (Lipinski definition) is 4. The zero-order valence-electron chi connectivity index (χ0n) is 8.82. The first-order valence-corrected chi connectivity index (χ1v) is 6.00. The third-order valence-electron chi connectivity index (χ3n) is 1.81. The lowest BCUT2D eigenvalue weighted by atomic mass is 10.1. The maximum atomic E-state index is 5.10. The Morgan fingerprint density at radius 2 is 2.36 bits per heavy atom. The van der Waals surface area contributed by atoms with Crippen LogP contribution in [0.25, 0.3) is 0 Å². The summed E-state index contributed by atoms with van der Waals surface area (Å²) in [4.78, 5) is 4.03. The van der Waals surface area contributed by atoms with Gasteiger partial charge in [0.25, 0.3) is 5.22 Å². The van der Waals surface area contributed by atoms with Gasteiger partial charge in [-0.1, -0.05) is 25.6 Å². The average Bonchev–Trinajstić information content (AvgIpc) is 2.63. The molecule has 0 aromatic carbocycles. The predicted molar refractivity (Wildman–Crippen MR) is 59.6 cm³/mol. The van der Waals surface area contributed by atoms with Gasteiger partial charge in [0.2, 0.25) is 0 Å². The lowest BCUT2D eigenvalue weighted by Gasteiger charge is -2.05. The summed E-state index contributed by atoms with van der Waals surface area (Å²) in [5.41, 5.74) is 0. The van der Waals surface area contributed by atoms with E-state index in [0.29, 0.717) is 0 Å². The smallest absolute Gasteiger partial charge is 0.255 e. The Hall–Kier alpha value is -0.480. The zero-order valence-corrected chi connectivity index (χ0v) is 9.64. The molecule has 1 aromatic heterocycles. The summed E-state index contributed by atoms with van der Waals surface area (Å²) in [6.07, 6.45) is 4.52. The van der Waals surface area contributed by atoms with Crippen molar-refractivity contribution in [2.24, 2.45) is 5.92 Å². The van der Waals surface area contributed by atoms with Crippen LogP contribution in [0.15, 0.2) is 22.1 Å². The summed E-state index contributed by atoms with van der Waals surface area (Å²) in [5, 5.41) is 4.15. The van der Waals surface area contributed by atoms with Crippen molar-refractivity contribution in [3.8, 4) is 0 Å². The SMILES string of the molecule is CC(C)CCNCCSc1ncco1. The van der Waals surface area contributed by atoms with Gasteiger partial charge in [0, 0.05) is 12.3 Å². The number of oxazole rings is 1. The monoisotopic (exact) mass is 214 g/mol. The molecule has 1 heterocycles. The van der Waals surface area contributed by atoms with Crippen LogP contribution >= 0.6 is 11.8 Å². The van der Waals surface area contributed by atoms with E-state index in [9.17, 15) is 0 Å². The van der Waals surface area contributed by atoms with E-state index in [1.54, 1.807) is 24.2 Å². The van der Waals surface area contributed by atoms with E-state index < -0.39 is 0 Å². The van der Waals surface area contributed by atoms with Crippen LogP contribution in [0, 0.1) is 5.92 Å². The highest BCUT2D eigenvalue weighted by Gasteiger charge is 1.97. The topological polar surface area (TPSA) is 38.1 Å². The minimum Gasteiger partial charge on any atom is -0.440 e. The summed E-state index contributed by atoms with van der Waals surface area (Å²) in [6, 6.07) is 0. The molecular weight excluding hydrogens is 196 g/mol. The van der Waals surface area contributed by atoms with Crippen LogP contribution in [-0.4, -0.2) is 23.8 Å². The molecule has 4 heteroatoms. The molecule has 0 aliphatic heterocycles. The van der Waals surface area contributed by atoms with Gasteiger partial charge in [0.15, 0.2) is 0 Å². The molecule has 0 bridgehead atoms. The maximum Gasteiger partial charge on any atom is 0.255 e. The minimum absolute atomic E-state index is 0.760. The summed E-state index contributed by atoms with van der Waals surface area (Å²) in [7, 11) is 0. The standard InChI is InChI=1S/C10H18N2OS/c1-9(2)3-4-11-6-8-14-10-12-5-7-13-10/h5,7,9,11H,3-4,6,8H2,1-2H3. The fourth-order valence-corrected chi connectivity index (χ4v) is 1.69. The van der Waals surface area contributed by atoms with Crippen LogP contribution in [0.3, 0.4) is 0 Å². The third kappa shape index (κ3) is 5.29. The van der Waals surface area contributed by atoms with Gasteiger partial charge in [-0.05, 0) is 18.9 Å². The van der Waals surface area contributed by atoms with Crippen molar-refractivity contribution in [3.63, 3.8) is 0 Å². The molecular formula is C10H18N2OS. The lowest BCUT2D eigenvalue weighted by Crippen LogP contribution is -2.19. The molecule has 1 N–H and O–H groups in total. The highest BCUT2D eigenvalue weighted by atomic mass is 32.2. The molecule has 0 fully saturated rings. The van der Waals surface area contributed by atoms with Gasteiger partial charge in [-0.3, -0.25) is 0 Å². The Bertz CT molecular complexity index is 224. The second-order valence-corrected chi connectivity index (χ2v) is 4.63. The number of nitrogens with one attached hydrogen (secondary N) is 1. The van der Waals surface area contributed by atoms with Gasteiger partial charge >= 0.3 is 0 Å². The van der Waals surface area contributed by atoms with Crippen LogP contribution in [0.4, 0.5) is 0 Å². The van der Waals surface area contributed by atoms with Gasteiger partial charge < -0.3 is 9.73 Å². The lowest BCUT2D eigenvalue weighted by molar-refractivity contribution is 0.454. The molecule has 1 aromatic rings. The van der Waals surface area contributed by atoms with Crippen molar-refractivity contribution in [1.82, 2.24) is 10.3 Å². The second kappa shape index (κ2) is 6.90. The summed E-state index contributed by atoms with van der Waals surface area (Å²) < 4.78 is 5.10. The number of aromatic nitrogens is 1. The van der Waals surface area contributed by atoms with Crippen molar-refractivity contribution in [1.29, 1.82) is 0 Å². The minimum atomic E-state index is 0.760. The van der Waals surface area contributed by atoms with Crippen molar-refractivity contribution in [2.45, 2.75) is 25.5 Å². The van der Waals surface area contributed by atoms with Crippen molar-refractivity contribution >= 4 is 11.8 Å². The quantitative estimate of drug-likeness (QED) is 0.559. The molecule has 3 nitrogen and oxygen atoms in total. The molecule has 80 valence electrons. The Balaban J connectivity index is 1.90. The molecule has 0 unspecified atom stereocenters. The summed E-state index contributed by atoms with van der Waals surface area (Å²) in [5.74, 6) is 1.79. The largest absolute Gasteiger partial charge is 0.440 e. The molecule has 0 saturated carbocycles.